The van der Waals surface area contributed by atoms with E-state index in [1.165, 1.54) is 11.3 Å². The highest BCUT2D eigenvalue weighted by molar-refractivity contribution is 7.15. The zero-order chi connectivity index (χ0) is 11.7. The highest BCUT2D eigenvalue weighted by Gasteiger charge is 2.14. The molecule has 1 heterocycles. The second-order valence-corrected chi connectivity index (χ2v) is 5.23. The highest BCUT2D eigenvalue weighted by Crippen LogP contribution is 2.37. The quantitative estimate of drug-likeness (QED) is 0.901. The van der Waals surface area contributed by atoms with Crippen LogP contribution in [0.4, 0.5) is 0 Å². The molecule has 1 aromatic heterocycles. The molecule has 2 aromatic rings. The minimum atomic E-state index is 0.492. The Labute approximate surface area is 108 Å². The number of hydrogen-bond acceptors (Lipinski definition) is 3. The molecule has 0 fully saturated rings. The van der Waals surface area contributed by atoms with E-state index in [-0.39, 0.29) is 0 Å². The lowest BCUT2D eigenvalue weighted by Crippen LogP contribution is -1.94. The third-order valence-corrected chi connectivity index (χ3v) is 4.08. The molecule has 5 heteroatoms. The van der Waals surface area contributed by atoms with Crippen LogP contribution in [-0.2, 0) is 6.54 Å². The third-order valence-electron chi connectivity index (χ3n) is 2.25. The van der Waals surface area contributed by atoms with Gasteiger partial charge < -0.3 is 5.73 Å². The maximum absolute atomic E-state index is 6.12. The van der Waals surface area contributed by atoms with Crippen molar-refractivity contribution >= 4 is 34.5 Å². The van der Waals surface area contributed by atoms with Crippen LogP contribution >= 0.6 is 34.5 Å². The van der Waals surface area contributed by atoms with Crippen molar-refractivity contribution in [2.75, 3.05) is 0 Å². The van der Waals surface area contributed by atoms with Gasteiger partial charge in [-0.1, -0.05) is 29.3 Å². The molecule has 16 heavy (non-hydrogen) atoms. The number of nitrogens with zero attached hydrogens (tertiary/aromatic N) is 1. The van der Waals surface area contributed by atoms with Crippen LogP contribution < -0.4 is 5.73 Å². The first-order valence-electron chi connectivity index (χ1n) is 4.74. The first-order chi connectivity index (χ1) is 7.63. The molecule has 0 radical (unpaired) electrons. The number of benzene rings is 1. The molecule has 0 saturated heterocycles. The van der Waals surface area contributed by atoms with Gasteiger partial charge in [-0.25, -0.2) is 4.98 Å². The molecule has 0 unspecified atom stereocenters. The number of aryl methyl sites for hydroxylation is 1. The van der Waals surface area contributed by atoms with Crippen molar-refractivity contribution in [1.29, 1.82) is 0 Å². The zero-order valence-electron chi connectivity index (χ0n) is 8.63. The standard InChI is InChI=1S/C11H10Cl2N2S/c1-6-9(5-14)16-11(15-6)10-7(12)3-2-4-8(10)13/h2-4H,5,14H2,1H3. The number of thiazole rings is 1. The van der Waals surface area contributed by atoms with Crippen molar-refractivity contribution < 1.29 is 0 Å². The average Bonchev–Trinajstić information content (AvgIpc) is 2.59. The van der Waals surface area contributed by atoms with Gasteiger partial charge in [0, 0.05) is 17.0 Å². The molecule has 0 bridgehead atoms. The topological polar surface area (TPSA) is 38.9 Å². The van der Waals surface area contributed by atoms with E-state index in [0.717, 1.165) is 21.1 Å². The molecular weight excluding hydrogens is 263 g/mol. The summed E-state index contributed by atoms with van der Waals surface area (Å²) >= 11 is 13.8. The average molecular weight is 273 g/mol. The normalized spacial score (nSPS) is 10.8. The molecule has 0 atom stereocenters. The lowest BCUT2D eigenvalue weighted by atomic mass is 10.2. The van der Waals surface area contributed by atoms with E-state index >= 15 is 0 Å². The first-order valence-corrected chi connectivity index (χ1v) is 6.31. The Balaban J connectivity index is 2.58. The summed E-state index contributed by atoms with van der Waals surface area (Å²) in [4.78, 5) is 5.50. The summed E-state index contributed by atoms with van der Waals surface area (Å²) in [6.07, 6.45) is 0. The molecule has 1 aromatic carbocycles. The summed E-state index contributed by atoms with van der Waals surface area (Å²) in [5, 5.41) is 2.06. The summed E-state index contributed by atoms with van der Waals surface area (Å²) in [5.41, 5.74) is 7.36. The molecule has 0 aliphatic carbocycles. The maximum atomic E-state index is 6.12. The SMILES string of the molecule is Cc1nc(-c2c(Cl)cccc2Cl)sc1CN. The summed E-state index contributed by atoms with van der Waals surface area (Å²) in [7, 11) is 0. The van der Waals surface area contributed by atoms with Crippen LogP contribution in [-0.4, -0.2) is 4.98 Å². The predicted octanol–water partition coefficient (Wildman–Crippen LogP) is 3.88. The Hall–Kier alpha value is -0.610. The van der Waals surface area contributed by atoms with E-state index in [9.17, 15) is 0 Å². The van der Waals surface area contributed by atoms with Gasteiger partial charge in [0.25, 0.3) is 0 Å². The first kappa shape index (κ1) is 11.9. The van der Waals surface area contributed by atoms with Crippen LogP contribution in [0.2, 0.25) is 10.0 Å². The summed E-state index contributed by atoms with van der Waals surface area (Å²) < 4.78 is 0. The van der Waals surface area contributed by atoms with Gasteiger partial charge in [0.15, 0.2) is 0 Å². The molecule has 84 valence electrons. The number of halogens is 2. The second-order valence-electron chi connectivity index (χ2n) is 3.33. The predicted molar refractivity (Wildman–Crippen MR) is 70.2 cm³/mol. The molecule has 2 rings (SSSR count). The van der Waals surface area contributed by atoms with Gasteiger partial charge >= 0.3 is 0 Å². The Bertz CT molecular complexity index is 502. The van der Waals surface area contributed by atoms with Crippen LogP contribution in [0.25, 0.3) is 10.6 Å². The number of rotatable bonds is 2. The van der Waals surface area contributed by atoms with Gasteiger partial charge in [-0.15, -0.1) is 11.3 Å². The number of nitrogens with two attached hydrogens (primary N) is 1. The van der Waals surface area contributed by atoms with Gasteiger partial charge in [0.1, 0.15) is 5.01 Å². The van der Waals surface area contributed by atoms with E-state index in [1.807, 2.05) is 25.1 Å². The van der Waals surface area contributed by atoms with Crippen molar-refractivity contribution in [2.24, 2.45) is 5.73 Å². The van der Waals surface area contributed by atoms with Crippen molar-refractivity contribution in [3.63, 3.8) is 0 Å². The smallest absolute Gasteiger partial charge is 0.126 e. The number of hydrogen-bond donors (Lipinski definition) is 1. The monoisotopic (exact) mass is 272 g/mol. The lowest BCUT2D eigenvalue weighted by molar-refractivity contribution is 1.06. The van der Waals surface area contributed by atoms with Gasteiger partial charge in [-0.05, 0) is 19.1 Å². The lowest BCUT2D eigenvalue weighted by Gasteiger charge is -2.02. The van der Waals surface area contributed by atoms with E-state index in [2.05, 4.69) is 4.98 Å². The van der Waals surface area contributed by atoms with Crippen LogP contribution in [0.5, 0.6) is 0 Å². The zero-order valence-corrected chi connectivity index (χ0v) is 11.0. The fourth-order valence-corrected chi connectivity index (χ4v) is 3.13. The van der Waals surface area contributed by atoms with Crippen molar-refractivity contribution in [2.45, 2.75) is 13.5 Å². The Morgan fingerprint density at radius 2 is 1.94 bits per heavy atom. The van der Waals surface area contributed by atoms with E-state index in [4.69, 9.17) is 28.9 Å². The van der Waals surface area contributed by atoms with E-state index < -0.39 is 0 Å². The van der Waals surface area contributed by atoms with Crippen molar-refractivity contribution in [3.05, 3.63) is 38.8 Å². The minimum Gasteiger partial charge on any atom is -0.326 e. The largest absolute Gasteiger partial charge is 0.326 e. The van der Waals surface area contributed by atoms with Crippen LogP contribution in [0, 0.1) is 6.92 Å². The molecule has 2 N–H and O–H groups in total. The van der Waals surface area contributed by atoms with Gasteiger partial charge in [-0.2, -0.15) is 0 Å². The van der Waals surface area contributed by atoms with E-state index in [0.29, 0.717) is 16.6 Å². The molecule has 0 saturated carbocycles. The van der Waals surface area contributed by atoms with Gasteiger partial charge in [0.05, 0.1) is 15.7 Å². The molecule has 0 amide bonds. The second kappa shape index (κ2) is 4.72. The van der Waals surface area contributed by atoms with Crippen molar-refractivity contribution in [3.8, 4) is 10.6 Å². The minimum absolute atomic E-state index is 0.492. The van der Waals surface area contributed by atoms with Gasteiger partial charge in [0.2, 0.25) is 0 Å². The summed E-state index contributed by atoms with van der Waals surface area (Å²) in [6, 6.07) is 5.43. The Morgan fingerprint density at radius 1 is 1.31 bits per heavy atom. The fraction of sp³-hybridized carbons (Fsp3) is 0.182. The van der Waals surface area contributed by atoms with Crippen LogP contribution in [0.15, 0.2) is 18.2 Å². The molecule has 0 spiro atoms. The maximum Gasteiger partial charge on any atom is 0.126 e. The van der Waals surface area contributed by atoms with E-state index in [1.54, 1.807) is 0 Å². The van der Waals surface area contributed by atoms with Gasteiger partial charge in [-0.3, -0.25) is 0 Å². The van der Waals surface area contributed by atoms with Crippen LogP contribution in [0.3, 0.4) is 0 Å². The highest BCUT2D eigenvalue weighted by atomic mass is 35.5. The van der Waals surface area contributed by atoms with Crippen LogP contribution in [0.1, 0.15) is 10.6 Å². The summed E-state index contributed by atoms with van der Waals surface area (Å²) in [6.45, 7) is 2.43. The number of aromatic nitrogens is 1. The molecule has 2 nitrogen and oxygen atoms in total. The molecular formula is C11H10Cl2N2S. The fourth-order valence-electron chi connectivity index (χ4n) is 1.43. The Morgan fingerprint density at radius 3 is 2.44 bits per heavy atom. The van der Waals surface area contributed by atoms with Crippen molar-refractivity contribution in [1.82, 2.24) is 4.98 Å². The Kier molecular flexibility index (Phi) is 3.50. The summed E-state index contributed by atoms with van der Waals surface area (Å²) in [5.74, 6) is 0. The third kappa shape index (κ3) is 2.09. The molecule has 0 aliphatic rings. The molecule has 0 aliphatic heterocycles.